The molecule has 1 saturated heterocycles. The summed E-state index contributed by atoms with van der Waals surface area (Å²) in [7, 11) is 0. The van der Waals surface area contributed by atoms with Crippen molar-refractivity contribution >= 4 is 12.3 Å². The Labute approximate surface area is 144 Å². The first-order chi connectivity index (χ1) is 11.2. The molecule has 0 N–H and O–H groups in total. The molecule has 130 valence electrons. The van der Waals surface area contributed by atoms with Crippen molar-refractivity contribution in [2.24, 2.45) is 4.99 Å². The van der Waals surface area contributed by atoms with Crippen LogP contribution >= 0.6 is 0 Å². The molecule has 1 amide bonds. The average molecular weight is 328 g/mol. The lowest BCUT2D eigenvalue weighted by Crippen LogP contribution is -2.46. The number of hydrogen-bond acceptors (Lipinski definition) is 3. The molecule has 1 aromatic rings. The molecule has 4 nitrogen and oxygen atoms in total. The fourth-order valence-corrected chi connectivity index (χ4v) is 3.78. The number of rotatable bonds is 1. The summed E-state index contributed by atoms with van der Waals surface area (Å²) in [5, 5.41) is 0. The molecule has 0 spiro atoms. The number of aliphatic imine (C=N–C) groups is 1. The topological polar surface area (TPSA) is 41.9 Å². The Kier molecular flexibility index (Phi) is 4.41. The van der Waals surface area contributed by atoms with E-state index in [0.29, 0.717) is 5.92 Å². The second-order valence-electron chi connectivity index (χ2n) is 8.12. The highest BCUT2D eigenvalue weighted by molar-refractivity contribution is 5.85. The van der Waals surface area contributed by atoms with Gasteiger partial charge in [-0.25, -0.2) is 4.79 Å². The Hall–Kier alpha value is -1.84. The molecule has 2 atom stereocenters. The summed E-state index contributed by atoms with van der Waals surface area (Å²) in [4.78, 5) is 18.6. The number of aryl methyl sites for hydroxylation is 1. The lowest BCUT2D eigenvalue weighted by molar-refractivity contribution is 0.0103. The molecular formula is C20H28N2O2. The Morgan fingerprint density at radius 3 is 2.75 bits per heavy atom. The van der Waals surface area contributed by atoms with Crippen LogP contribution in [0.1, 0.15) is 68.7 Å². The summed E-state index contributed by atoms with van der Waals surface area (Å²) < 4.78 is 5.54. The molecule has 0 saturated carbocycles. The highest BCUT2D eigenvalue weighted by atomic mass is 16.6. The number of carbonyl (C=O) groups is 1. The van der Waals surface area contributed by atoms with Crippen LogP contribution in [0.3, 0.4) is 0 Å². The highest BCUT2D eigenvalue weighted by Gasteiger charge is 2.33. The predicted octanol–water partition coefficient (Wildman–Crippen LogP) is 4.43. The van der Waals surface area contributed by atoms with E-state index in [-0.39, 0.29) is 12.1 Å². The molecule has 0 radical (unpaired) electrons. The highest BCUT2D eigenvalue weighted by Crippen LogP contribution is 2.35. The van der Waals surface area contributed by atoms with E-state index in [1.807, 2.05) is 31.9 Å². The van der Waals surface area contributed by atoms with Gasteiger partial charge in [-0.2, -0.15) is 0 Å². The van der Waals surface area contributed by atoms with Crippen molar-refractivity contribution in [1.82, 2.24) is 4.90 Å². The number of piperidine rings is 1. The minimum absolute atomic E-state index is 0.187. The van der Waals surface area contributed by atoms with Gasteiger partial charge in [0.1, 0.15) is 5.60 Å². The molecule has 2 heterocycles. The number of benzene rings is 1. The quantitative estimate of drug-likeness (QED) is 0.765. The second-order valence-corrected chi connectivity index (χ2v) is 8.12. The summed E-state index contributed by atoms with van der Waals surface area (Å²) in [5.41, 5.74) is 4.91. The SMILES string of the molecule is Cc1cc2c(cc1C1CCN(C(=O)OC(C)(C)C)C(C)C1)CN=C2. The lowest BCUT2D eigenvalue weighted by Gasteiger charge is -2.39. The van der Waals surface area contributed by atoms with Crippen molar-refractivity contribution in [2.45, 2.75) is 71.6 Å². The number of fused-ring (bicyclic) bond motifs is 1. The maximum absolute atomic E-state index is 12.4. The first kappa shape index (κ1) is 17.0. The van der Waals surface area contributed by atoms with E-state index in [1.54, 1.807) is 0 Å². The van der Waals surface area contributed by atoms with Gasteiger partial charge < -0.3 is 9.64 Å². The number of likely N-dealkylation sites (tertiary alicyclic amines) is 1. The van der Waals surface area contributed by atoms with Crippen LogP contribution < -0.4 is 0 Å². The Morgan fingerprint density at radius 2 is 2.08 bits per heavy atom. The van der Waals surface area contributed by atoms with Gasteiger partial charge >= 0.3 is 6.09 Å². The molecule has 4 heteroatoms. The summed E-state index contributed by atoms with van der Waals surface area (Å²) in [6.45, 7) is 11.6. The maximum Gasteiger partial charge on any atom is 0.410 e. The van der Waals surface area contributed by atoms with Crippen LogP contribution in [-0.4, -0.2) is 35.4 Å². The van der Waals surface area contributed by atoms with Crippen LogP contribution in [0, 0.1) is 6.92 Å². The van der Waals surface area contributed by atoms with Gasteiger partial charge in [0, 0.05) is 18.8 Å². The molecule has 2 unspecified atom stereocenters. The zero-order valence-electron chi connectivity index (χ0n) is 15.4. The molecule has 24 heavy (non-hydrogen) atoms. The molecule has 0 aromatic heterocycles. The molecule has 1 aromatic carbocycles. The molecule has 2 aliphatic heterocycles. The molecule has 0 aliphatic carbocycles. The van der Waals surface area contributed by atoms with Gasteiger partial charge in [0.15, 0.2) is 0 Å². The van der Waals surface area contributed by atoms with Crippen molar-refractivity contribution in [3.8, 4) is 0 Å². The zero-order valence-corrected chi connectivity index (χ0v) is 15.4. The summed E-state index contributed by atoms with van der Waals surface area (Å²) in [6.07, 6.45) is 3.76. The average Bonchev–Trinajstić information content (AvgIpc) is 2.91. The summed E-state index contributed by atoms with van der Waals surface area (Å²) >= 11 is 0. The van der Waals surface area contributed by atoms with Crippen LogP contribution in [0.2, 0.25) is 0 Å². The monoisotopic (exact) mass is 328 g/mol. The number of hydrogen-bond donors (Lipinski definition) is 0. The third kappa shape index (κ3) is 3.47. The van der Waals surface area contributed by atoms with E-state index in [0.717, 1.165) is 25.9 Å². The number of carbonyl (C=O) groups excluding carboxylic acids is 1. The van der Waals surface area contributed by atoms with Crippen LogP contribution in [0.5, 0.6) is 0 Å². The van der Waals surface area contributed by atoms with Crippen molar-refractivity contribution in [3.05, 3.63) is 34.4 Å². The van der Waals surface area contributed by atoms with Crippen LogP contribution in [0.25, 0.3) is 0 Å². The molecule has 2 aliphatic rings. The molecule has 1 fully saturated rings. The predicted molar refractivity (Wildman–Crippen MR) is 96.9 cm³/mol. The van der Waals surface area contributed by atoms with E-state index in [9.17, 15) is 4.79 Å². The van der Waals surface area contributed by atoms with Gasteiger partial charge in [-0.15, -0.1) is 0 Å². The zero-order chi connectivity index (χ0) is 17.5. The van der Waals surface area contributed by atoms with Gasteiger partial charge in [-0.3, -0.25) is 4.99 Å². The fraction of sp³-hybridized carbons (Fsp3) is 0.600. The minimum atomic E-state index is -0.440. The van der Waals surface area contributed by atoms with E-state index in [1.165, 1.54) is 22.3 Å². The van der Waals surface area contributed by atoms with Crippen molar-refractivity contribution in [1.29, 1.82) is 0 Å². The molecule has 0 bridgehead atoms. The van der Waals surface area contributed by atoms with Crippen molar-refractivity contribution in [3.63, 3.8) is 0 Å². The maximum atomic E-state index is 12.4. The van der Waals surface area contributed by atoms with Gasteiger partial charge in [0.2, 0.25) is 0 Å². The van der Waals surface area contributed by atoms with E-state index >= 15 is 0 Å². The Bertz CT molecular complexity index is 673. The van der Waals surface area contributed by atoms with Gasteiger partial charge in [0.05, 0.1) is 6.54 Å². The fourth-order valence-electron chi connectivity index (χ4n) is 3.78. The van der Waals surface area contributed by atoms with E-state index in [4.69, 9.17) is 4.74 Å². The van der Waals surface area contributed by atoms with Gasteiger partial charge in [-0.05, 0) is 81.7 Å². The number of nitrogens with zero attached hydrogens (tertiary/aromatic N) is 2. The third-order valence-corrected chi connectivity index (χ3v) is 4.96. The van der Waals surface area contributed by atoms with E-state index in [2.05, 4.69) is 31.0 Å². The van der Waals surface area contributed by atoms with Crippen molar-refractivity contribution < 1.29 is 9.53 Å². The normalized spacial score (nSPS) is 23.3. The van der Waals surface area contributed by atoms with Crippen LogP contribution in [0.4, 0.5) is 4.79 Å². The number of amides is 1. The molecule has 3 rings (SSSR count). The van der Waals surface area contributed by atoms with Gasteiger partial charge in [-0.1, -0.05) is 6.07 Å². The molecular weight excluding hydrogens is 300 g/mol. The first-order valence-electron chi connectivity index (χ1n) is 8.87. The standard InChI is InChI=1S/C20H28N2O2/c1-13-8-16-11-21-12-17(16)10-18(13)15-6-7-22(14(2)9-15)19(23)24-20(3,4)5/h8,10-11,14-15H,6-7,9,12H2,1-5H3. The third-order valence-electron chi connectivity index (χ3n) is 4.96. The number of ether oxygens (including phenoxy) is 1. The Balaban J connectivity index is 1.71. The van der Waals surface area contributed by atoms with Gasteiger partial charge in [0.25, 0.3) is 0 Å². The van der Waals surface area contributed by atoms with Crippen LogP contribution in [0.15, 0.2) is 17.1 Å². The Morgan fingerprint density at radius 1 is 1.33 bits per heavy atom. The van der Waals surface area contributed by atoms with Crippen molar-refractivity contribution in [2.75, 3.05) is 6.54 Å². The van der Waals surface area contributed by atoms with Crippen LogP contribution in [-0.2, 0) is 11.3 Å². The lowest BCUT2D eigenvalue weighted by atomic mass is 9.82. The van der Waals surface area contributed by atoms with E-state index < -0.39 is 5.60 Å². The smallest absolute Gasteiger partial charge is 0.410 e. The summed E-state index contributed by atoms with van der Waals surface area (Å²) in [6, 6.07) is 4.78. The largest absolute Gasteiger partial charge is 0.444 e. The first-order valence-corrected chi connectivity index (χ1v) is 8.87. The minimum Gasteiger partial charge on any atom is -0.444 e. The summed E-state index contributed by atoms with van der Waals surface area (Å²) in [5.74, 6) is 0.504. The second kappa shape index (κ2) is 6.23.